The minimum atomic E-state index is -0.386. The number of carbonyl (C=O) groups excluding carboxylic acids is 1. The van der Waals surface area contributed by atoms with Gasteiger partial charge in [0.15, 0.2) is 5.13 Å². The summed E-state index contributed by atoms with van der Waals surface area (Å²) in [5.41, 5.74) is 0.287. The molecule has 1 aromatic carbocycles. The molecule has 2 heterocycles. The van der Waals surface area contributed by atoms with Gasteiger partial charge in [0.1, 0.15) is 30.8 Å². The number of anilines is 1. The molecule has 3 rings (SSSR count). The van der Waals surface area contributed by atoms with Gasteiger partial charge in [-0.05, 0) is 26.0 Å². The minimum absolute atomic E-state index is 0.158. The number of hydrogen-bond acceptors (Lipinski definition) is 5. The zero-order valence-electron chi connectivity index (χ0n) is 15.0. The lowest BCUT2D eigenvalue weighted by Crippen LogP contribution is -3.12. The number of amides is 1. The first-order chi connectivity index (χ1) is 12.6. The van der Waals surface area contributed by atoms with Crippen LogP contribution in [0.3, 0.4) is 0 Å². The molecule has 1 N–H and O–H groups in total. The van der Waals surface area contributed by atoms with Gasteiger partial charge in [0, 0.05) is 0 Å². The van der Waals surface area contributed by atoms with E-state index in [2.05, 4.69) is 18.8 Å². The number of fused-ring (bicyclic) bond motifs is 1. The summed E-state index contributed by atoms with van der Waals surface area (Å²) in [4.78, 5) is 20.3. The summed E-state index contributed by atoms with van der Waals surface area (Å²) >= 11 is 1.30. The molecule has 6 nitrogen and oxygen atoms in total. The molecule has 0 unspecified atom stereocenters. The second kappa shape index (κ2) is 8.46. The van der Waals surface area contributed by atoms with Crippen LogP contribution in [-0.2, 0) is 14.3 Å². The van der Waals surface area contributed by atoms with Crippen molar-refractivity contribution in [3.63, 3.8) is 0 Å². The van der Waals surface area contributed by atoms with E-state index in [1.54, 1.807) is 17.0 Å². The second-order valence-electron chi connectivity index (χ2n) is 5.95. The van der Waals surface area contributed by atoms with E-state index in [-0.39, 0.29) is 23.0 Å². The zero-order chi connectivity index (χ0) is 18.5. The van der Waals surface area contributed by atoms with Crippen molar-refractivity contribution < 1.29 is 23.6 Å². The smallest absolute Gasteiger partial charge is 0.298 e. The second-order valence-corrected chi connectivity index (χ2v) is 6.96. The van der Waals surface area contributed by atoms with Crippen molar-refractivity contribution in [2.75, 3.05) is 44.3 Å². The molecule has 0 atom stereocenters. The fraction of sp³-hybridized carbons (Fsp3) is 0.444. The number of quaternary nitrogens is 1. The number of ether oxygens (including phenoxy) is 2. The highest BCUT2D eigenvalue weighted by molar-refractivity contribution is 7.22. The number of rotatable bonds is 7. The highest BCUT2D eigenvalue weighted by Gasteiger charge is 2.27. The molecule has 0 saturated carbocycles. The van der Waals surface area contributed by atoms with Crippen LogP contribution in [0.1, 0.15) is 13.8 Å². The van der Waals surface area contributed by atoms with Gasteiger partial charge in [-0.3, -0.25) is 9.69 Å². The molecule has 140 valence electrons. The predicted octanol–water partition coefficient (Wildman–Crippen LogP) is 1.58. The zero-order valence-corrected chi connectivity index (χ0v) is 15.8. The van der Waals surface area contributed by atoms with E-state index in [1.165, 1.54) is 28.6 Å². The topological polar surface area (TPSA) is 56.1 Å². The monoisotopic (exact) mass is 380 g/mol. The molecule has 1 aromatic heterocycles. The molecule has 0 bridgehead atoms. The first-order valence-electron chi connectivity index (χ1n) is 8.79. The van der Waals surface area contributed by atoms with Crippen LogP contribution >= 0.6 is 11.3 Å². The summed E-state index contributed by atoms with van der Waals surface area (Å²) in [5, 5.41) is 0.469. The van der Waals surface area contributed by atoms with E-state index in [1.807, 2.05) is 0 Å². The van der Waals surface area contributed by atoms with Gasteiger partial charge in [-0.2, -0.15) is 0 Å². The molecule has 0 aliphatic carbocycles. The number of nitrogens with zero attached hydrogens (tertiary/aromatic N) is 2. The van der Waals surface area contributed by atoms with Gasteiger partial charge in [-0.1, -0.05) is 17.4 Å². The van der Waals surface area contributed by atoms with E-state index in [4.69, 9.17) is 9.47 Å². The molecule has 1 aliphatic rings. The summed E-state index contributed by atoms with van der Waals surface area (Å²) in [5.74, 6) is -0.538. The van der Waals surface area contributed by atoms with E-state index in [0.717, 1.165) is 19.6 Å². The van der Waals surface area contributed by atoms with Crippen molar-refractivity contribution in [3.05, 3.63) is 36.0 Å². The molecule has 1 aliphatic heterocycles. The van der Waals surface area contributed by atoms with Crippen LogP contribution in [0.2, 0.25) is 0 Å². The van der Waals surface area contributed by atoms with Crippen LogP contribution < -0.4 is 9.80 Å². The number of nitrogens with one attached hydrogen (secondary N) is 1. The Hall–Kier alpha value is -2.19. The van der Waals surface area contributed by atoms with Crippen molar-refractivity contribution in [3.8, 4) is 0 Å². The van der Waals surface area contributed by atoms with Gasteiger partial charge in [-0.25, -0.2) is 9.37 Å². The van der Waals surface area contributed by atoms with Gasteiger partial charge >= 0.3 is 0 Å². The maximum Gasteiger partial charge on any atom is 0.298 e. The fourth-order valence-electron chi connectivity index (χ4n) is 2.79. The van der Waals surface area contributed by atoms with Crippen molar-refractivity contribution in [2.45, 2.75) is 13.8 Å². The highest BCUT2D eigenvalue weighted by Crippen LogP contribution is 2.31. The first kappa shape index (κ1) is 18.6. The Labute approximate surface area is 155 Å². The Morgan fingerprint density at radius 3 is 2.81 bits per heavy atom. The number of para-hydroxylation sites is 1. The Kier molecular flexibility index (Phi) is 6.05. The van der Waals surface area contributed by atoms with Crippen LogP contribution in [-0.4, -0.2) is 50.3 Å². The summed E-state index contributed by atoms with van der Waals surface area (Å²) < 4.78 is 25.4. The average molecular weight is 380 g/mol. The van der Waals surface area contributed by atoms with Gasteiger partial charge in [-0.15, -0.1) is 0 Å². The van der Waals surface area contributed by atoms with Crippen LogP contribution in [0.4, 0.5) is 9.52 Å². The van der Waals surface area contributed by atoms with Crippen molar-refractivity contribution >= 4 is 32.6 Å². The van der Waals surface area contributed by atoms with E-state index < -0.39 is 0 Å². The van der Waals surface area contributed by atoms with Crippen molar-refractivity contribution in [2.24, 2.45) is 0 Å². The maximum absolute atomic E-state index is 14.0. The number of aromatic nitrogens is 1. The Balaban J connectivity index is 1.91. The molecule has 0 saturated heterocycles. The van der Waals surface area contributed by atoms with Gasteiger partial charge in [0.05, 0.1) is 30.9 Å². The molecular formula is C18H23FN3O3S+. The summed E-state index contributed by atoms with van der Waals surface area (Å²) in [7, 11) is 0. The lowest BCUT2D eigenvalue weighted by Gasteiger charge is -2.24. The predicted molar refractivity (Wildman–Crippen MR) is 98.8 cm³/mol. The first-order valence-corrected chi connectivity index (χ1v) is 9.60. The van der Waals surface area contributed by atoms with Crippen LogP contribution in [0, 0.1) is 5.82 Å². The van der Waals surface area contributed by atoms with E-state index >= 15 is 0 Å². The van der Waals surface area contributed by atoms with Crippen molar-refractivity contribution in [1.82, 2.24) is 4.98 Å². The summed E-state index contributed by atoms with van der Waals surface area (Å²) in [6.45, 7) is 8.15. The molecule has 1 amide bonds. The number of halogens is 1. The van der Waals surface area contributed by atoms with Gasteiger partial charge in [0.25, 0.3) is 5.91 Å². The number of carbonyl (C=O) groups is 1. The van der Waals surface area contributed by atoms with Crippen LogP contribution in [0.25, 0.3) is 10.2 Å². The number of benzene rings is 1. The summed E-state index contributed by atoms with van der Waals surface area (Å²) in [6.07, 6.45) is 1.34. The summed E-state index contributed by atoms with van der Waals surface area (Å²) in [6, 6.07) is 4.82. The average Bonchev–Trinajstić information content (AvgIpc) is 3.11. The number of thiazole rings is 1. The number of likely N-dealkylation sites (N-methyl/N-ethyl adjacent to an activating group) is 1. The standard InChI is InChI=1S/C18H22FN3O3S/c1-3-21(4-2)8-9-22(17(23)14-12-24-10-11-25-14)18-20-16-13(19)6-5-7-15(16)26-18/h5-7,12H,3-4,8-11H2,1-2H3/p+1. The molecule has 0 spiro atoms. The molecule has 2 aromatic rings. The van der Waals surface area contributed by atoms with Gasteiger partial charge < -0.3 is 14.4 Å². The Morgan fingerprint density at radius 1 is 1.35 bits per heavy atom. The molecular weight excluding hydrogens is 357 g/mol. The van der Waals surface area contributed by atoms with E-state index in [9.17, 15) is 9.18 Å². The van der Waals surface area contributed by atoms with E-state index in [0.29, 0.717) is 29.6 Å². The molecule has 26 heavy (non-hydrogen) atoms. The third kappa shape index (κ3) is 3.96. The fourth-order valence-corrected chi connectivity index (χ4v) is 3.79. The maximum atomic E-state index is 14.0. The largest absolute Gasteiger partial charge is 0.494 e. The SMILES string of the molecule is CC[NH+](CC)CCN(C(=O)C1=COCCO1)c1nc2c(F)cccc2s1. The number of hydrogen-bond donors (Lipinski definition) is 1. The van der Waals surface area contributed by atoms with Gasteiger partial charge in [0.2, 0.25) is 5.76 Å². The van der Waals surface area contributed by atoms with Crippen LogP contribution in [0.15, 0.2) is 30.2 Å². The lowest BCUT2D eigenvalue weighted by molar-refractivity contribution is -0.894. The Bertz CT molecular complexity index is 804. The Morgan fingerprint density at radius 2 is 2.15 bits per heavy atom. The van der Waals surface area contributed by atoms with Crippen LogP contribution in [0.5, 0.6) is 0 Å². The molecule has 0 radical (unpaired) electrons. The third-order valence-corrected chi connectivity index (χ3v) is 5.43. The third-order valence-electron chi connectivity index (χ3n) is 4.38. The lowest BCUT2D eigenvalue weighted by atomic mass is 10.3. The molecule has 0 fully saturated rings. The minimum Gasteiger partial charge on any atom is -0.494 e. The van der Waals surface area contributed by atoms with Crippen molar-refractivity contribution in [1.29, 1.82) is 0 Å². The quantitative estimate of drug-likeness (QED) is 0.793. The normalized spacial score (nSPS) is 14.1. The molecule has 8 heteroatoms. The highest BCUT2D eigenvalue weighted by atomic mass is 32.1.